The first-order valence-electron chi connectivity index (χ1n) is 7.56. The number of nitrogens with zero attached hydrogens (tertiary/aromatic N) is 2. The number of aromatic nitrogens is 2. The van der Waals surface area contributed by atoms with Crippen LogP contribution >= 0.6 is 0 Å². The maximum atomic E-state index is 12.6. The van der Waals surface area contributed by atoms with Crippen molar-refractivity contribution in [3.05, 3.63) is 62.9 Å². The average Bonchev–Trinajstić information content (AvgIpc) is 2.61. The number of nitrogens with one attached hydrogen (secondary N) is 2. The summed E-state index contributed by atoms with van der Waals surface area (Å²) in [4.78, 5) is 40.8. The zero-order valence-corrected chi connectivity index (χ0v) is 14.0. The molecule has 1 aliphatic heterocycles. The van der Waals surface area contributed by atoms with E-state index < -0.39 is 27.2 Å². The highest BCUT2D eigenvalue weighted by Crippen LogP contribution is 2.17. The van der Waals surface area contributed by atoms with Crippen molar-refractivity contribution in [1.82, 2.24) is 19.2 Å². The summed E-state index contributed by atoms with van der Waals surface area (Å²) < 4.78 is 26.4. The summed E-state index contributed by atoms with van der Waals surface area (Å²) in [6.07, 6.45) is 0. The lowest BCUT2D eigenvalue weighted by Crippen LogP contribution is -2.51. The van der Waals surface area contributed by atoms with Crippen molar-refractivity contribution in [3.8, 4) is 0 Å². The number of hydrogen-bond donors (Lipinski definition) is 2. The van der Waals surface area contributed by atoms with Gasteiger partial charge in [-0.1, -0.05) is 18.2 Å². The first-order valence-corrected chi connectivity index (χ1v) is 9.00. The van der Waals surface area contributed by atoms with Gasteiger partial charge in [0, 0.05) is 32.2 Å². The first kappa shape index (κ1) is 17.1. The van der Waals surface area contributed by atoms with Gasteiger partial charge in [-0.2, -0.15) is 4.31 Å². The van der Waals surface area contributed by atoms with Crippen molar-refractivity contribution in [2.24, 2.45) is 0 Å². The lowest BCUT2D eigenvalue weighted by atomic mass is 10.3. The molecular weight excluding hydrogens is 348 g/mol. The van der Waals surface area contributed by atoms with Gasteiger partial charge in [-0.05, 0) is 12.1 Å². The Hall–Kier alpha value is -2.72. The normalized spacial score (nSPS) is 15.9. The summed E-state index contributed by atoms with van der Waals surface area (Å²) in [7, 11) is -3.61. The fourth-order valence-corrected chi connectivity index (χ4v) is 4.07. The first-order chi connectivity index (χ1) is 11.9. The Morgan fingerprint density at radius 2 is 1.60 bits per heavy atom. The van der Waals surface area contributed by atoms with Crippen molar-refractivity contribution in [3.63, 3.8) is 0 Å². The van der Waals surface area contributed by atoms with E-state index in [1.165, 1.54) is 21.3 Å². The van der Waals surface area contributed by atoms with Crippen LogP contribution in [0.2, 0.25) is 0 Å². The molecule has 1 aliphatic rings. The van der Waals surface area contributed by atoms with Gasteiger partial charge in [-0.25, -0.2) is 13.2 Å². The molecule has 0 spiro atoms. The zero-order valence-electron chi connectivity index (χ0n) is 13.1. The molecule has 0 aliphatic carbocycles. The van der Waals surface area contributed by atoms with Gasteiger partial charge in [0.2, 0.25) is 10.0 Å². The van der Waals surface area contributed by atoms with Crippen LogP contribution in [-0.4, -0.2) is 59.7 Å². The van der Waals surface area contributed by atoms with Gasteiger partial charge >= 0.3 is 5.69 Å². The number of benzene rings is 1. The molecule has 25 heavy (non-hydrogen) atoms. The fraction of sp³-hybridized carbons (Fsp3) is 0.267. The predicted molar refractivity (Wildman–Crippen MR) is 88.8 cm³/mol. The topological polar surface area (TPSA) is 123 Å². The molecule has 1 fully saturated rings. The van der Waals surface area contributed by atoms with E-state index in [2.05, 4.69) is 4.98 Å². The Balaban J connectivity index is 1.72. The molecule has 0 unspecified atom stereocenters. The number of carbonyl (C=O) groups is 1. The number of sulfonamides is 1. The number of H-pyrrole nitrogens is 2. The van der Waals surface area contributed by atoms with E-state index in [0.717, 1.165) is 6.07 Å². The van der Waals surface area contributed by atoms with Crippen LogP contribution < -0.4 is 11.2 Å². The Morgan fingerprint density at radius 3 is 2.20 bits per heavy atom. The van der Waals surface area contributed by atoms with Gasteiger partial charge in [0.05, 0.1) is 4.90 Å². The second-order valence-corrected chi connectivity index (χ2v) is 7.45. The van der Waals surface area contributed by atoms with Crippen LogP contribution in [-0.2, 0) is 10.0 Å². The molecule has 1 aromatic carbocycles. The van der Waals surface area contributed by atoms with Crippen LogP contribution in [0.15, 0.2) is 50.9 Å². The van der Waals surface area contributed by atoms with Crippen LogP contribution in [0, 0.1) is 0 Å². The minimum absolute atomic E-state index is 0.117. The molecular formula is C15H16N4O5S. The summed E-state index contributed by atoms with van der Waals surface area (Å²) in [5.74, 6) is -0.514. The van der Waals surface area contributed by atoms with Crippen molar-refractivity contribution < 1.29 is 13.2 Å². The third kappa shape index (κ3) is 3.54. The highest BCUT2D eigenvalue weighted by Gasteiger charge is 2.30. The molecule has 2 aromatic rings. The molecule has 1 amide bonds. The summed E-state index contributed by atoms with van der Waals surface area (Å²) in [5.41, 5.74) is -1.55. The molecule has 0 atom stereocenters. The Kier molecular flexibility index (Phi) is 4.55. The van der Waals surface area contributed by atoms with Crippen LogP contribution in [0.4, 0.5) is 0 Å². The van der Waals surface area contributed by atoms with Gasteiger partial charge in [-0.3, -0.25) is 14.6 Å². The molecule has 10 heteroatoms. The van der Waals surface area contributed by atoms with Crippen molar-refractivity contribution in [2.75, 3.05) is 26.2 Å². The third-order valence-corrected chi connectivity index (χ3v) is 5.81. The lowest BCUT2D eigenvalue weighted by molar-refractivity contribution is 0.0691. The number of piperazine rings is 1. The van der Waals surface area contributed by atoms with Crippen LogP contribution in [0.1, 0.15) is 10.5 Å². The van der Waals surface area contributed by atoms with Crippen LogP contribution in [0.3, 0.4) is 0 Å². The third-order valence-electron chi connectivity index (χ3n) is 3.90. The molecule has 0 radical (unpaired) electrons. The van der Waals surface area contributed by atoms with Crippen molar-refractivity contribution in [2.45, 2.75) is 4.90 Å². The van der Waals surface area contributed by atoms with E-state index in [-0.39, 0.29) is 36.8 Å². The number of amides is 1. The standard InChI is InChI=1S/C15H16N4O5S/c20-13-10-12(16-15(22)17-13)14(21)18-6-8-19(9-7-18)25(23,24)11-4-2-1-3-5-11/h1-5,10H,6-9H2,(H2,16,17,20,22). The molecule has 0 saturated carbocycles. The van der Waals surface area contributed by atoms with E-state index >= 15 is 0 Å². The van der Waals surface area contributed by atoms with Crippen molar-refractivity contribution in [1.29, 1.82) is 0 Å². The molecule has 2 heterocycles. The number of rotatable bonds is 3. The SMILES string of the molecule is O=C(c1cc(=O)[nH]c(=O)[nH]1)N1CCN(S(=O)(=O)c2ccccc2)CC1. The Morgan fingerprint density at radius 1 is 0.960 bits per heavy atom. The predicted octanol–water partition coefficient (Wildman–Crippen LogP) is -0.790. The summed E-state index contributed by atoms with van der Waals surface area (Å²) in [5, 5.41) is 0. The molecule has 0 bridgehead atoms. The zero-order chi connectivity index (χ0) is 18.0. The summed E-state index contributed by atoms with van der Waals surface area (Å²) >= 11 is 0. The maximum Gasteiger partial charge on any atom is 0.326 e. The maximum absolute atomic E-state index is 12.6. The highest BCUT2D eigenvalue weighted by molar-refractivity contribution is 7.89. The van der Waals surface area contributed by atoms with Gasteiger partial charge in [0.15, 0.2) is 0 Å². The van der Waals surface area contributed by atoms with Gasteiger partial charge in [-0.15, -0.1) is 0 Å². The second-order valence-electron chi connectivity index (χ2n) is 5.51. The van der Waals surface area contributed by atoms with Gasteiger partial charge in [0.25, 0.3) is 11.5 Å². The largest absolute Gasteiger partial charge is 0.335 e. The lowest BCUT2D eigenvalue weighted by Gasteiger charge is -2.33. The van der Waals surface area contributed by atoms with Crippen molar-refractivity contribution >= 4 is 15.9 Å². The van der Waals surface area contributed by atoms with E-state index in [1.807, 2.05) is 4.98 Å². The van der Waals surface area contributed by atoms with Crippen LogP contribution in [0.25, 0.3) is 0 Å². The minimum Gasteiger partial charge on any atom is -0.335 e. The molecule has 9 nitrogen and oxygen atoms in total. The molecule has 1 aromatic heterocycles. The summed E-state index contributed by atoms with van der Waals surface area (Å²) in [6, 6.07) is 9.09. The minimum atomic E-state index is -3.61. The fourth-order valence-electron chi connectivity index (χ4n) is 2.63. The van der Waals surface area contributed by atoms with E-state index in [1.54, 1.807) is 18.2 Å². The number of aromatic amines is 2. The smallest absolute Gasteiger partial charge is 0.326 e. The van der Waals surface area contributed by atoms with E-state index in [4.69, 9.17) is 0 Å². The Bertz CT molecular complexity index is 960. The van der Waals surface area contributed by atoms with Gasteiger partial charge in [0.1, 0.15) is 5.69 Å². The van der Waals surface area contributed by atoms with E-state index in [0.29, 0.717) is 0 Å². The summed E-state index contributed by atoms with van der Waals surface area (Å²) in [6.45, 7) is 0.603. The Labute approximate surface area is 143 Å². The van der Waals surface area contributed by atoms with Crippen LogP contribution in [0.5, 0.6) is 0 Å². The van der Waals surface area contributed by atoms with Gasteiger partial charge < -0.3 is 9.88 Å². The molecule has 1 saturated heterocycles. The van der Waals surface area contributed by atoms with E-state index in [9.17, 15) is 22.8 Å². The number of carbonyl (C=O) groups excluding carboxylic acids is 1. The molecule has 132 valence electrons. The molecule has 2 N–H and O–H groups in total. The quantitative estimate of drug-likeness (QED) is 0.739. The second kappa shape index (κ2) is 6.65. The highest BCUT2D eigenvalue weighted by atomic mass is 32.2. The number of hydrogen-bond acceptors (Lipinski definition) is 5. The average molecular weight is 364 g/mol. The molecule has 3 rings (SSSR count). The monoisotopic (exact) mass is 364 g/mol.